The molecule has 1 aliphatic heterocycles. The molecule has 7 nitrogen and oxygen atoms in total. The number of nitrogens with one attached hydrogen (secondary N) is 2. The summed E-state index contributed by atoms with van der Waals surface area (Å²) in [5.74, 6) is 1.50. The lowest BCUT2D eigenvalue weighted by Gasteiger charge is -2.24. The Kier molecular flexibility index (Phi) is 9.62. The number of carbonyl (C=O) groups excluding carboxylic acids is 1. The molecule has 0 spiro atoms. The number of nitrogens with zero attached hydrogens (tertiary/aromatic N) is 2. The third kappa shape index (κ3) is 8.17. The van der Waals surface area contributed by atoms with Crippen LogP contribution in [0.1, 0.15) is 31.7 Å². The standard InChI is InChI=1S/C21H34N4O3/c1-4-27-18-10-7-8-17(14-18)11-12-22-21(24-16-20(26)25(2)3)23-15-19-9-5-6-13-28-19/h7-8,10,14,19H,4-6,9,11-13,15-16H2,1-3H3,(H2,22,23,24). The van der Waals surface area contributed by atoms with Gasteiger partial charge < -0.3 is 25.0 Å². The third-order valence-electron chi connectivity index (χ3n) is 4.56. The van der Waals surface area contributed by atoms with Gasteiger partial charge in [0, 0.05) is 33.8 Å². The van der Waals surface area contributed by atoms with Crippen molar-refractivity contribution in [3.63, 3.8) is 0 Å². The molecule has 1 fully saturated rings. The lowest BCUT2D eigenvalue weighted by Crippen LogP contribution is -2.43. The first kappa shape index (κ1) is 22.0. The van der Waals surface area contributed by atoms with Crippen molar-refractivity contribution in [3.8, 4) is 5.75 Å². The zero-order chi connectivity index (χ0) is 20.2. The van der Waals surface area contributed by atoms with Crippen molar-refractivity contribution >= 4 is 11.9 Å². The van der Waals surface area contributed by atoms with Gasteiger partial charge in [-0.15, -0.1) is 0 Å². The topological polar surface area (TPSA) is 75.2 Å². The fourth-order valence-corrected chi connectivity index (χ4v) is 2.92. The van der Waals surface area contributed by atoms with Gasteiger partial charge in [-0.3, -0.25) is 4.79 Å². The smallest absolute Gasteiger partial charge is 0.243 e. The minimum atomic E-state index is -0.0283. The van der Waals surface area contributed by atoms with E-state index in [2.05, 4.69) is 27.8 Å². The Morgan fingerprint density at radius 2 is 2.18 bits per heavy atom. The Balaban J connectivity index is 1.87. The predicted octanol–water partition coefficient (Wildman–Crippen LogP) is 1.82. The summed E-state index contributed by atoms with van der Waals surface area (Å²) in [7, 11) is 3.47. The number of benzene rings is 1. The predicted molar refractivity (Wildman–Crippen MR) is 112 cm³/mol. The summed E-state index contributed by atoms with van der Waals surface area (Å²) >= 11 is 0. The maximum Gasteiger partial charge on any atom is 0.243 e. The minimum Gasteiger partial charge on any atom is -0.494 e. The van der Waals surface area contributed by atoms with Crippen LogP contribution in [0, 0.1) is 0 Å². The van der Waals surface area contributed by atoms with Gasteiger partial charge in [0.05, 0.1) is 12.7 Å². The normalized spacial score (nSPS) is 17.1. The number of carbonyl (C=O) groups is 1. The molecule has 0 aliphatic carbocycles. The second kappa shape index (κ2) is 12.2. The summed E-state index contributed by atoms with van der Waals surface area (Å²) in [5.41, 5.74) is 1.19. The number of hydrogen-bond acceptors (Lipinski definition) is 4. The molecule has 0 saturated carbocycles. The molecule has 1 amide bonds. The van der Waals surface area contributed by atoms with Gasteiger partial charge in [0.1, 0.15) is 12.3 Å². The van der Waals surface area contributed by atoms with Gasteiger partial charge in [-0.05, 0) is 50.3 Å². The first-order chi connectivity index (χ1) is 13.6. The average molecular weight is 391 g/mol. The van der Waals surface area contributed by atoms with Crippen LogP contribution in [0.4, 0.5) is 0 Å². The Morgan fingerprint density at radius 1 is 1.32 bits per heavy atom. The third-order valence-corrected chi connectivity index (χ3v) is 4.56. The molecule has 7 heteroatoms. The summed E-state index contributed by atoms with van der Waals surface area (Å²) in [5, 5.41) is 6.65. The summed E-state index contributed by atoms with van der Waals surface area (Å²) in [6.45, 7) is 4.99. The van der Waals surface area contributed by atoms with Crippen molar-refractivity contribution in [1.82, 2.24) is 15.5 Å². The molecule has 2 rings (SSSR count). The Labute approximate surface area is 168 Å². The highest BCUT2D eigenvalue weighted by molar-refractivity contribution is 5.84. The van der Waals surface area contributed by atoms with Crippen LogP contribution in [0.3, 0.4) is 0 Å². The first-order valence-electron chi connectivity index (χ1n) is 10.1. The summed E-state index contributed by atoms with van der Waals surface area (Å²) in [4.78, 5) is 17.8. The summed E-state index contributed by atoms with van der Waals surface area (Å²) < 4.78 is 11.3. The van der Waals surface area contributed by atoms with Gasteiger partial charge in [0.25, 0.3) is 0 Å². The van der Waals surface area contributed by atoms with Crippen LogP contribution in [0.5, 0.6) is 5.75 Å². The summed E-state index contributed by atoms with van der Waals surface area (Å²) in [6, 6.07) is 8.11. The fourth-order valence-electron chi connectivity index (χ4n) is 2.92. The van der Waals surface area contributed by atoms with Crippen molar-refractivity contribution in [2.75, 3.05) is 46.9 Å². The highest BCUT2D eigenvalue weighted by atomic mass is 16.5. The van der Waals surface area contributed by atoms with Gasteiger partial charge >= 0.3 is 0 Å². The average Bonchev–Trinajstić information content (AvgIpc) is 2.70. The second-order valence-corrected chi connectivity index (χ2v) is 7.08. The van der Waals surface area contributed by atoms with E-state index >= 15 is 0 Å². The van der Waals surface area contributed by atoms with Gasteiger partial charge in [0.15, 0.2) is 5.96 Å². The van der Waals surface area contributed by atoms with Gasteiger partial charge in [-0.25, -0.2) is 4.99 Å². The maximum absolute atomic E-state index is 11.9. The molecule has 1 aliphatic rings. The Morgan fingerprint density at radius 3 is 2.89 bits per heavy atom. The Bertz CT molecular complexity index is 628. The molecule has 156 valence electrons. The monoisotopic (exact) mass is 390 g/mol. The van der Waals surface area contributed by atoms with Crippen molar-refractivity contribution < 1.29 is 14.3 Å². The van der Waals surface area contributed by atoms with E-state index in [4.69, 9.17) is 9.47 Å². The number of amides is 1. The van der Waals surface area contributed by atoms with E-state index in [9.17, 15) is 4.79 Å². The van der Waals surface area contributed by atoms with Crippen LogP contribution in [0.2, 0.25) is 0 Å². The second-order valence-electron chi connectivity index (χ2n) is 7.08. The van der Waals surface area contributed by atoms with Crippen molar-refractivity contribution in [2.45, 2.75) is 38.7 Å². The van der Waals surface area contributed by atoms with E-state index in [-0.39, 0.29) is 18.6 Å². The zero-order valence-electron chi connectivity index (χ0n) is 17.4. The quantitative estimate of drug-likeness (QED) is 0.497. The van der Waals surface area contributed by atoms with E-state index < -0.39 is 0 Å². The summed E-state index contributed by atoms with van der Waals surface area (Å²) in [6.07, 6.45) is 4.42. The molecule has 0 bridgehead atoms. The number of rotatable bonds is 9. The van der Waals surface area contributed by atoms with Crippen LogP contribution < -0.4 is 15.4 Å². The van der Waals surface area contributed by atoms with E-state index in [0.717, 1.165) is 31.6 Å². The van der Waals surface area contributed by atoms with Crippen LogP contribution in [0.25, 0.3) is 0 Å². The molecular weight excluding hydrogens is 356 g/mol. The van der Waals surface area contributed by atoms with Crippen LogP contribution in [-0.2, 0) is 16.0 Å². The van der Waals surface area contributed by atoms with Gasteiger partial charge in [-0.1, -0.05) is 12.1 Å². The lowest BCUT2D eigenvalue weighted by atomic mass is 10.1. The largest absolute Gasteiger partial charge is 0.494 e. The molecule has 1 saturated heterocycles. The number of ether oxygens (including phenoxy) is 2. The Hall–Kier alpha value is -2.28. The van der Waals surface area contributed by atoms with E-state index in [1.807, 2.05) is 19.1 Å². The molecule has 0 radical (unpaired) electrons. The van der Waals surface area contributed by atoms with Crippen LogP contribution >= 0.6 is 0 Å². The van der Waals surface area contributed by atoms with Gasteiger partial charge in [-0.2, -0.15) is 0 Å². The molecule has 2 N–H and O–H groups in total. The fraction of sp³-hybridized carbons (Fsp3) is 0.619. The molecule has 1 aromatic carbocycles. The lowest BCUT2D eigenvalue weighted by molar-refractivity contribution is -0.127. The first-order valence-corrected chi connectivity index (χ1v) is 10.1. The molecule has 28 heavy (non-hydrogen) atoms. The molecule has 1 aromatic rings. The SMILES string of the molecule is CCOc1cccc(CCNC(=NCC(=O)N(C)C)NCC2CCCCO2)c1. The van der Waals surface area contributed by atoms with Gasteiger partial charge in [0.2, 0.25) is 5.91 Å². The molecular formula is C21H34N4O3. The maximum atomic E-state index is 11.9. The molecule has 1 unspecified atom stereocenters. The number of likely N-dealkylation sites (N-methyl/N-ethyl adjacent to an activating group) is 1. The van der Waals surface area contributed by atoms with Crippen LogP contribution in [-0.4, -0.2) is 69.8 Å². The van der Waals surface area contributed by atoms with E-state index in [1.54, 1.807) is 19.0 Å². The van der Waals surface area contributed by atoms with E-state index in [0.29, 0.717) is 25.7 Å². The highest BCUT2D eigenvalue weighted by Gasteiger charge is 2.14. The number of aliphatic imine (C=N–C) groups is 1. The van der Waals surface area contributed by atoms with E-state index in [1.165, 1.54) is 12.0 Å². The minimum absolute atomic E-state index is 0.0283. The molecule has 0 aromatic heterocycles. The van der Waals surface area contributed by atoms with Crippen molar-refractivity contribution in [3.05, 3.63) is 29.8 Å². The number of hydrogen-bond donors (Lipinski definition) is 2. The molecule has 1 atom stereocenters. The van der Waals surface area contributed by atoms with Crippen LogP contribution in [0.15, 0.2) is 29.3 Å². The van der Waals surface area contributed by atoms with Crippen molar-refractivity contribution in [2.24, 2.45) is 4.99 Å². The zero-order valence-corrected chi connectivity index (χ0v) is 17.4. The number of guanidine groups is 1. The van der Waals surface area contributed by atoms with Crippen molar-refractivity contribution in [1.29, 1.82) is 0 Å². The molecule has 1 heterocycles. The highest BCUT2D eigenvalue weighted by Crippen LogP contribution is 2.13.